The van der Waals surface area contributed by atoms with Crippen molar-refractivity contribution in [2.24, 2.45) is 0 Å². The number of rotatable bonds is 6. The summed E-state index contributed by atoms with van der Waals surface area (Å²) in [6.07, 6.45) is 0.447. The normalized spacial score (nSPS) is 19.6. The molecular formula is C23H29N3O3. The Morgan fingerprint density at radius 2 is 1.72 bits per heavy atom. The number of ether oxygens (including phenoxy) is 1. The summed E-state index contributed by atoms with van der Waals surface area (Å²) in [4.78, 5) is 26.2. The number of hydrogen-bond donors (Lipinski definition) is 2. The van der Waals surface area contributed by atoms with Gasteiger partial charge >= 0.3 is 0 Å². The molecular weight excluding hydrogens is 366 g/mol. The van der Waals surface area contributed by atoms with Gasteiger partial charge in [-0.05, 0) is 43.2 Å². The van der Waals surface area contributed by atoms with E-state index in [-0.39, 0.29) is 24.0 Å². The van der Waals surface area contributed by atoms with E-state index in [0.29, 0.717) is 17.8 Å². The van der Waals surface area contributed by atoms with Crippen molar-refractivity contribution in [3.8, 4) is 0 Å². The largest absolute Gasteiger partial charge is 0.373 e. The molecule has 1 fully saturated rings. The second kappa shape index (κ2) is 9.67. The number of nitrogens with one attached hydrogen (secondary N) is 2. The van der Waals surface area contributed by atoms with E-state index in [4.69, 9.17) is 4.74 Å². The Morgan fingerprint density at radius 1 is 1.03 bits per heavy atom. The summed E-state index contributed by atoms with van der Waals surface area (Å²) < 4.78 is 5.82. The number of amides is 2. The van der Waals surface area contributed by atoms with E-state index < -0.39 is 0 Å². The van der Waals surface area contributed by atoms with Crippen LogP contribution in [-0.2, 0) is 22.6 Å². The Bertz CT molecular complexity index is 858. The number of anilines is 1. The van der Waals surface area contributed by atoms with Gasteiger partial charge in [0.2, 0.25) is 5.91 Å². The van der Waals surface area contributed by atoms with Gasteiger partial charge in [0.1, 0.15) is 0 Å². The smallest absolute Gasteiger partial charge is 0.251 e. The first-order valence-electron chi connectivity index (χ1n) is 10.0. The summed E-state index contributed by atoms with van der Waals surface area (Å²) in [5.74, 6) is -0.330. The van der Waals surface area contributed by atoms with Crippen LogP contribution in [0.2, 0.25) is 0 Å². The third kappa shape index (κ3) is 6.14. The molecule has 1 aliphatic heterocycles. The van der Waals surface area contributed by atoms with Crippen LogP contribution in [0.3, 0.4) is 0 Å². The summed E-state index contributed by atoms with van der Waals surface area (Å²) in [5, 5.41) is 5.70. The number of benzene rings is 2. The predicted molar refractivity (Wildman–Crippen MR) is 114 cm³/mol. The number of morpholine rings is 1. The molecule has 0 saturated carbocycles. The van der Waals surface area contributed by atoms with Crippen LogP contribution in [-0.4, -0.2) is 42.0 Å². The van der Waals surface area contributed by atoms with Crippen molar-refractivity contribution in [1.29, 1.82) is 0 Å². The number of carbonyl (C=O) groups excluding carboxylic acids is 2. The fourth-order valence-corrected chi connectivity index (χ4v) is 3.76. The molecule has 2 aromatic carbocycles. The average Bonchev–Trinajstić information content (AvgIpc) is 2.66. The second-order valence-corrected chi connectivity index (χ2v) is 7.66. The lowest BCUT2D eigenvalue weighted by molar-refractivity contribution is -0.114. The zero-order valence-corrected chi connectivity index (χ0v) is 17.3. The lowest BCUT2D eigenvalue weighted by atomic mass is 10.1. The Kier molecular flexibility index (Phi) is 7.01. The molecule has 154 valence electrons. The molecule has 0 radical (unpaired) electrons. The third-order valence-electron chi connectivity index (χ3n) is 4.89. The number of nitrogens with zero attached hydrogens (tertiary/aromatic N) is 1. The maximum atomic E-state index is 12.6. The van der Waals surface area contributed by atoms with Gasteiger partial charge in [-0.3, -0.25) is 14.5 Å². The summed E-state index contributed by atoms with van der Waals surface area (Å²) >= 11 is 0. The SMILES string of the molecule is CC(=O)Nc1cccc(C(=O)NCc2ccccc2CN2CC(C)OC(C)C2)c1. The molecule has 2 atom stereocenters. The summed E-state index contributed by atoms with van der Waals surface area (Å²) in [6.45, 7) is 8.74. The number of hydrogen-bond acceptors (Lipinski definition) is 4. The van der Waals surface area contributed by atoms with E-state index in [1.54, 1.807) is 24.3 Å². The molecule has 0 spiro atoms. The fraction of sp³-hybridized carbons (Fsp3) is 0.391. The first kappa shape index (κ1) is 21.0. The first-order chi connectivity index (χ1) is 13.9. The molecule has 1 aliphatic rings. The highest BCUT2D eigenvalue weighted by Crippen LogP contribution is 2.17. The maximum Gasteiger partial charge on any atom is 0.251 e. The van der Waals surface area contributed by atoms with E-state index in [0.717, 1.165) is 25.2 Å². The van der Waals surface area contributed by atoms with Crippen molar-refractivity contribution in [3.63, 3.8) is 0 Å². The average molecular weight is 396 g/mol. The highest BCUT2D eigenvalue weighted by Gasteiger charge is 2.22. The molecule has 3 rings (SSSR count). The van der Waals surface area contributed by atoms with Gasteiger partial charge in [0.15, 0.2) is 0 Å². The van der Waals surface area contributed by atoms with Crippen LogP contribution in [0, 0.1) is 0 Å². The molecule has 6 heteroatoms. The molecule has 1 heterocycles. The van der Waals surface area contributed by atoms with Gasteiger partial charge in [-0.15, -0.1) is 0 Å². The van der Waals surface area contributed by atoms with Crippen LogP contribution in [0.15, 0.2) is 48.5 Å². The highest BCUT2D eigenvalue weighted by atomic mass is 16.5. The standard InChI is InChI=1S/C23H29N3O3/c1-16-13-26(14-17(2)29-16)15-21-8-5-4-7-20(21)12-24-23(28)19-9-6-10-22(11-19)25-18(3)27/h4-11,16-17H,12-15H2,1-3H3,(H,24,28)(H,25,27). The van der Waals surface area contributed by atoms with Crippen molar-refractivity contribution >= 4 is 17.5 Å². The molecule has 2 N–H and O–H groups in total. The summed E-state index contributed by atoms with van der Waals surface area (Å²) in [6, 6.07) is 15.1. The van der Waals surface area contributed by atoms with E-state index in [9.17, 15) is 9.59 Å². The topological polar surface area (TPSA) is 70.7 Å². The van der Waals surface area contributed by atoms with Crippen molar-refractivity contribution in [3.05, 3.63) is 65.2 Å². The quantitative estimate of drug-likeness (QED) is 0.788. The fourth-order valence-electron chi connectivity index (χ4n) is 3.76. The first-order valence-corrected chi connectivity index (χ1v) is 10.0. The molecule has 2 unspecified atom stereocenters. The van der Waals surface area contributed by atoms with Crippen LogP contribution < -0.4 is 10.6 Å². The van der Waals surface area contributed by atoms with Gasteiger partial charge in [-0.1, -0.05) is 30.3 Å². The van der Waals surface area contributed by atoms with Gasteiger partial charge in [-0.2, -0.15) is 0 Å². The Labute approximate surface area is 172 Å². The third-order valence-corrected chi connectivity index (χ3v) is 4.89. The minimum Gasteiger partial charge on any atom is -0.373 e. The minimum absolute atomic E-state index is 0.164. The molecule has 0 aliphatic carbocycles. The van der Waals surface area contributed by atoms with Gasteiger partial charge in [0.25, 0.3) is 5.91 Å². The Balaban J connectivity index is 1.64. The maximum absolute atomic E-state index is 12.6. The molecule has 2 aromatic rings. The minimum atomic E-state index is -0.166. The highest BCUT2D eigenvalue weighted by molar-refractivity contribution is 5.96. The van der Waals surface area contributed by atoms with E-state index in [2.05, 4.69) is 41.5 Å². The molecule has 29 heavy (non-hydrogen) atoms. The van der Waals surface area contributed by atoms with Crippen LogP contribution in [0.25, 0.3) is 0 Å². The van der Waals surface area contributed by atoms with Crippen LogP contribution in [0.4, 0.5) is 5.69 Å². The molecule has 1 saturated heterocycles. The van der Waals surface area contributed by atoms with Gasteiger partial charge in [0.05, 0.1) is 12.2 Å². The van der Waals surface area contributed by atoms with Crippen molar-refractivity contribution < 1.29 is 14.3 Å². The van der Waals surface area contributed by atoms with E-state index in [1.807, 2.05) is 12.1 Å². The van der Waals surface area contributed by atoms with E-state index in [1.165, 1.54) is 12.5 Å². The molecule has 6 nitrogen and oxygen atoms in total. The second-order valence-electron chi connectivity index (χ2n) is 7.66. The van der Waals surface area contributed by atoms with Crippen LogP contribution in [0.1, 0.15) is 42.3 Å². The van der Waals surface area contributed by atoms with E-state index >= 15 is 0 Å². The van der Waals surface area contributed by atoms with Crippen molar-refractivity contribution in [2.45, 2.75) is 46.1 Å². The molecule has 0 bridgehead atoms. The van der Waals surface area contributed by atoms with Crippen LogP contribution in [0.5, 0.6) is 0 Å². The summed E-state index contributed by atoms with van der Waals surface area (Å²) in [7, 11) is 0. The Morgan fingerprint density at radius 3 is 2.41 bits per heavy atom. The monoisotopic (exact) mass is 395 g/mol. The van der Waals surface area contributed by atoms with Crippen molar-refractivity contribution in [1.82, 2.24) is 10.2 Å². The van der Waals surface area contributed by atoms with Gasteiger partial charge in [0, 0.05) is 44.4 Å². The van der Waals surface area contributed by atoms with Gasteiger partial charge in [-0.25, -0.2) is 0 Å². The lowest BCUT2D eigenvalue weighted by Crippen LogP contribution is -2.45. The van der Waals surface area contributed by atoms with Crippen molar-refractivity contribution in [2.75, 3.05) is 18.4 Å². The Hall–Kier alpha value is -2.70. The number of carbonyl (C=O) groups is 2. The molecule has 2 amide bonds. The predicted octanol–water partition coefficient (Wildman–Crippen LogP) is 3.18. The zero-order valence-electron chi connectivity index (χ0n) is 17.3. The zero-order chi connectivity index (χ0) is 20.8. The summed E-state index contributed by atoms with van der Waals surface area (Å²) in [5.41, 5.74) is 3.44. The van der Waals surface area contributed by atoms with Gasteiger partial charge < -0.3 is 15.4 Å². The molecule has 0 aromatic heterocycles. The lowest BCUT2D eigenvalue weighted by Gasteiger charge is -2.35. The van der Waals surface area contributed by atoms with Crippen LogP contribution >= 0.6 is 0 Å².